The molecule has 1 amide bonds. The lowest BCUT2D eigenvalue weighted by molar-refractivity contribution is 0.0940. The van der Waals surface area contributed by atoms with E-state index in [1.54, 1.807) is 19.1 Å². The molecule has 0 saturated carbocycles. The van der Waals surface area contributed by atoms with Crippen LogP contribution in [0, 0.1) is 6.92 Å². The minimum absolute atomic E-state index is 0.138. The Morgan fingerprint density at radius 2 is 2.35 bits per heavy atom. The number of hydrogen-bond donors (Lipinski definition) is 2. The first-order valence-electron chi connectivity index (χ1n) is 7.67. The molecule has 0 radical (unpaired) electrons. The summed E-state index contributed by atoms with van der Waals surface area (Å²) in [6.45, 7) is 3.09. The molecule has 2 aromatic heterocycles. The Bertz CT molecular complexity index is 718. The standard InChI is InChI=1S/C15H19N5O3/c1-10-8-12(19-23-10)15(22)16-9-11-4-2-3-7-20(11)13-5-6-14(21)18-17-13/h5-6,8,11H,2-4,7,9H2,1H3,(H,16,22)(H,18,21). The Balaban J connectivity index is 1.66. The van der Waals surface area contributed by atoms with Crippen molar-refractivity contribution in [3.63, 3.8) is 0 Å². The van der Waals surface area contributed by atoms with Gasteiger partial charge in [0.05, 0.1) is 0 Å². The molecular formula is C15H19N5O3. The average Bonchev–Trinajstić information content (AvgIpc) is 3.00. The van der Waals surface area contributed by atoms with Gasteiger partial charge in [0.15, 0.2) is 5.69 Å². The third-order valence-corrected chi connectivity index (χ3v) is 3.94. The Morgan fingerprint density at radius 1 is 1.48 bits per heavy atom. The molecule has 0 spiro atoms. The molecule has 2 N–H and O–H groups in total. The average molecular weight is 317 g/mol. The molecule has 0 bridgehead atoms. The van der Waals surface area contributed by atoms with Crippen molar-refractivity contribution >= 4 is 11.7 Å². The zero-order valence-corrected chi connectivity index (χ0v) is 12.9. The summed E-state index contributed by atoms with van der Waals surface area (Å²) in [4.78, 5) is 25.3. The fourth-order valence-electron chi connectivity index (χ4n) is 2.79. The van der Waals surface area contributed by atoms with E-state index in [1.807, 2.05) is 0 Å². The zero-order chi connectivity index (χ0) is 16.2. The maximum atomic E-state index is 12.1. The van der Waals surface area contributed by atoms with Crippen LogP contribution in [0.2, 0.25) is 0 Å². The number of aryl methyl sites for hydroxylation is 1. The minimum Gasteiger partial charge on any atom is -0.361 e. The van der Waals surface area contributed by atoms with Crippen LogP contribution in [0.25, 0.3) is 0 Å². The van der Waals surface area contributed by atoms with Crippen molar-refractivity contribution in [2.45, 2.75) is 32.2 Å². The van der Waals surface area contributed by atoms with Gasteiger partial charge in [-0.1, -0.05) is 5.16 Å². The lowest BCUT2D eigenvalue weighted by atomic mass is 10.0. The largest absolute Gasteiger partial charge is 0.361 e. The van der Waals surface area contributed by atoms with Crippen molar-refractivity contribution < 1.29 is 9.32 Å². The lowest BCUT2D eigenvalue weighted by Gasteiger charge is -2.36. The van der Waals surface area contributed by atoms with Crippen LogP contribution in [-0.2, 0) is 0 Å². The zero-order valence-electron chi connectivity index (χ0n) is 12.9. The molecule has 3 rings (SSSR count). The molecule has 1 fully saturated rings. The van der Waals surface area contributed by atoms with Crippen molar-refractivity contribution in [1.82, 2.24) is 20.7 Å². The van der Waals surface area contributed by atoms with Crippen molar-refractivity contribution in [1.29, 1.82) is 0 Å². The van der Waals surface area contributed by atoms with Gasteiger partial charge in [0, 0.05) is 31.3 Å². The van der Waals surface area contributed by atoms with Gasteiger partial charge >= 0.3 is 0 Å². The highest BCUT2D eigenvalue weighted by atomic mass is 16.5. The first-order valence-corrected chi connectivity index (χ1v) is 7.67. The quantitative estimate of drug-likeness (QED) is 0.866. The van der Waals surface area contributed by atoms with Gasteiger partial charge in [-0.2, -0.15) is 5.10 Å². The molecule has 0 aromatic carbocycles. The van der Waals surface area contributed by atoms with Crippen molar-refractivity contribution in [3.8, 4) is 0 Å². The summed E-state index contributed by atoms with van der Waals surface area (Å²) in [5.74, 6) is 1.08. The Hall–Kier alpha value is -2.64. The van der Waals surface area contributed by atoms with E-state index < -0.39 is 0 Å². The van der Waals surface area contributed by atoms with Crippen LogP contribution in [0.15, 0.2) is 27.5 Å². The molecule has 3 heterocycles. The molecule has 23 heavy (non-hydrogen) atoms. The highest BCUT2D eigenvalue weighted by Crippen LogP contribution is 2.21. The number of aromatic nitrogens is 3. The maximum absolute atomic E-state index is 12.1. The number of amides is 1. The van der Waals surface area contributed by atoms with Gasteiger partial charge in [0.1, 0.15) is 11.6 Å². The first kappa shape index (κ1) is 15.3. The predicted octanol–water partition coefficient (Wildman–Crippen LogP) is 0.855. The van der Waals surface area contributed by atoms with E-state index in [0.717, 1.165) is 31.6 Å². The Morgan fingerprint density at radius 3 is 3.04 bits per heavy atom. The van der Waals surface area contributed by atoms with Gasteiger partial charge in [-0.15, -0.1) is 0 Å². The van der Waals surface area contributed by atoms with Crippen molar-refractivity contribution in [2.75, 3.05) is 18.0 Å². The summed E-state index contributed by atoms with van der Waals surface area (Å²) in [5, 5.41) is 13.1. The van der Waals surface area contributed by atoms with E-state index in [-0.39, 0.29) is 23.2 Å². The number of nitrogens with zero attached hydrogens (tertiary/aromatic N) is 3. The second-order valence-electron chi connectivity index (χ2n) is 5.66. The number of nitrogens with one attached hydrogen (secondary N) is 2. The summed E-state index contributed by atoms with van der Waals surface area (Å²) in [6.07, 6.45) is 3.12. The molecule has 1 aliphatic heterocycles. The van der Waals surface area contributed by atoms with Crippen LogP contribution in [0.5, 0.6) is 0 Å². The van der Waals surface area contributed by atoms with E-state index in [2.05, 4.69) is 25.6 Å². The van der Waals surface area contributed by atoms with E-state index in [0.29, 0.717) is 12.3 Å². The van der Waals surface area contributed by atoms with E-state index in [4.69, 9.17) is 4.52 Å². The number of aromatic amines is 1. The number of hydrogen-bond acceptors (Lipinski definition) is 6. The number of rotatable bonds is 4. The van der Waals surface area contributed by atoms with Crippen molar-refractivity contribution in [3.05, 3.63) is 40.0 Å². The summed E-state index contributed by atoms with van der Waals surface area (Å²) < 4.78 is 4.91. The number of H-pyrrole nitrogens is 1. The molecule has 1 unspecified atom stereocenters. The van der Waals surface area contributed by atoms with Crippen molar-refractivity contribution in [2.24, 2.45) is 0 Å². The monoisotopic (exact) mass is 317 g/mol. The maximum Gasteiger partial charge on any atom is 0.273 e. The number of anilines is 1. The van der Waals surface area contributed by atoms with Gasteiger partial charge in [-0.05, 0) is 32.3 Å². The third kappa shape index (κ3) is 3.58. The molecule has 8 heteroatoms. The molecular weight excluding hydrogens is 298 g/mol. The molecule has 1 saturated heterocycles. The van der Waals surface area contributed by atoms with E-state index in [1.165, 1.54) is 6.07 Å². The smallest absolute Gasteiger partial charge is 0.273 e. The summed E-state index contributed by atoms with van der Waals surface area (Å²) in [7, 11) is 0. The molecule has 122 valence electrons. The third-order valence-electron chi connectivity index (χ3n) is 3.94. The molecule has 2 aromatic rings. The summed E-state index contributed by atoms with van der Waals surface area (Å²) >= 11 is 0. The number of carbonyl (C=O) groups excluding carboxylic acids is 1. The van der Waals surface area contributed by atoms with Crippen LogP contribution in [0.3, 0.4) is 0 Å². The minimum atomic E-state index is -0.248. The molecule has 0 aliphatic carbocycles. The normalized spacial score (nSPS) is 18.0. The number of carbonyl (C=O) groups is 1. The van der Waals surface area contributed by atoms with E-state index in [9.17, 15) is 9.59 Å². The highest BCUT2D eigenvalue weighted by Gasteiger charge is 2.24. The SMILES string of the molecule is Cc1cc(C(=O)NCC2CCCCN2c2ccc(=O)[nH]n2)no1. The Labute approximate surface area is 132 Å². The topological polar surface area (TPSA) is 104 Å². The van der Waals surface area contributed by atoms with Gasteiger partial charge in [0.25, 0.3) is 11.5 Å². The Kier molecular flexibility index (Phi) is 4.40. The predicted molar refractivity (Wildman–Crippen MR) is 83.4 cm³/mol. The second kappa shape index (κ2) is 6.64. The summed E-state index contributed by atoms with van der Waals surface area (Å²) in [5.41, 5.74) is 0.0593. The molecule has 1 atom stereocenters. The molecule has 8 nitrogen and oxygen atoms in total. The molecule has 1 aliphatic rings. The van der Waals surface area contributed by atoms with Gasteiger partial charge in [-0.3, -0.25) is 9.59 Å². The van der Waals surface area contributed by atoms with Crippen LogP contribution in [-0.4, -0.2) is 40.4 Å². The highest BCUT2D eigenvalue weighted by molar-refractivity contribution is 5.92. The van der Waals surface area contributed by atoms with Crippen LogP contribution >= 0.6 is 0 Å². The second-order valence-corrected chi connectivity index (χ2v) is 5.66. The fraction of sp³-hybridized carbons (Fsp3) is 0.467. The van der Waals surface area contributed by atoms with Crippen LogP contribution in [0.4, 0.5) is 5.82 Å². The van der Waals surface area contributed by atoms with Gasteiger partial charge < -0.3 is 14.7 Å². The lowest BCUT2D eigenvalue weighted by Crippen LogP contribution is -2.47. The van der Waals surface area contributed by atoms with Gasteiger partial charge in [0.2, 0.25) is 0 Å². The van der Waals surface area contributed by atoms with E-state index >= 15 is 0 Å². The van der Waals surface area contributed by atoms with Gasteiger partial charge in [-0.25, -0.2) is 5.10 Å². The summed E-state index contributed by atoms with van der Waals surface area (Å²) in [6, 6.07) is 4.92. The van der Waals surface area contributed by atoms with Crippen LogP contribution in [0.1, 0.15) is 35.5 Å². The number of piperidine rings is 1. The first-order chi connectivity index (χ1) is 11.1. The fourth-order valence-corrected chi connectivity index (χ4v) is 2.79. The van der Waals surface area contributed by atoms with Crippen LogP contribution < -0.4 is 15.8 Å².